The van der Waals surface area contributed by atoms with Gasteiger partial charge in [0.15, 0.2) is 5.76 Å². The lowest BCUT2D eigenvalue weighted by molar-refractivity contribution is 0.0995. The van der Waals surface area contributed by atoms with Gasteiger partial charge in [-0.25, -0.2) is 4.39 Å². The highest BCUT2D eigenvalue weighted by Gasteiger charge is 2.11. The molecule has 0 aliphatic carbocycles. The molecule has 108 valence electrons. The Balaban J connectivity index is 2.17. The maximum atomic E-state index is 13.5. The Morgan fingerprint density at radius 3 is 2.86 bits per heavy atom. The van der Waals surface area contributed by atoms with Crippen molar-refractivity contribution in [1.82, 2.24) is 0 Å². The second kappa shape index (κ2) is 6.73. The van der Waals surface area contributed by atoms with Gasteiger partial charge in [0.1, 0.15) is 18.2 Å². The van der Waals surface area contributed by atoms with Crippen molar-refractivity contribution >= 4 is 11.6 Å². The standard InChI is InChI=1S/C16H14FNO3/c1-2-13-6-8-15(21-13)16(20)18-12-5-7-14(17)11(10-12)4-3-9-19/h5-8,10,19H,2,9H2,1H3,(H,18,20). The number of amides is 1. The largest absolute Gasteiger partial charge is 0.456 e. The maximum absolute atomic E-state index is 13.5. The van der Waals surface area contributed by atoms with Crippen LogP contribution in [0, 0.1) is 17.7 Å². The molecule has 0 spiro atoms. The van der Waals surface area contributed by atoms with Crippen LogP contribution in [0.25, 0.3) is 0 Å². The van der Waals surface area contributed by atoms with E-state index in [1.807, 2.05) is 6.92 Å². The molecule has 1 heterocycles. The molecule has 0 saturated heterocycles. The number of hydrogen-bond donors (Lipinski definition) is 2. The zero-order valence-electron chi connectivity index (χ0n) is 11.4. The van der Waals surface area contributed by atoms with Crippen LogP contribution in [0.15, 0.2) is 34.7 Å². The molecule has 0 unspecified atom stereocenters. The van der Waals surface area contributed by atoms with Gasteiger partial charge in [0.05, 0.1) is 5.56 Å². The van der Waals surface area contributed by atoms with Crippen molar-refractivity contribution in [3.63, 3.8) is 0 Å². The van der Waals surface area contributed by atoms with E-state index in [0.29, 0.717) is 17.9 Å². The lowest BCUT2D eigenvalue weighted by atomic mass is 10.2. The summed E-state index contributed by atoms with van der Waals surface area (Å²) in [6.45, 7) is 1.56. The van der Waals surface area contributed by atoms with Crippen molar-refractivity contribution in [2.24, 2.45) is 0 Å². The first-order valence-corrected chi connectivity index (χ1v) is 6.43. The Morgan fingerprint density at radius 2 is 2.19 bits per heavy atom. The summed E-state index contributed by atoms with van der Waals surface area (Å²) in [6.07, 6.45) is 0.699. The Labute approximate surface area is 121 Å². The average Bonchev–Trinajstić information content (AvgIpc) is 2.97. The van der Waals surface area contributed by atoms with Crippen LogP contribution < -0.4 is 5.32 Å². The zero-order chi connectivity index (χ0) is 15.2. The first kappa shape index (κ1) is 14.8. The van der Waals surface area contributed by atoms with Crippen molar-refractivity contribution in [3.05, 3.63) is 53.2 Å². The second-order valence-corrected chi connectivity index (χ2v) is 4.23. The van der Waals surface area contributed by atoms with Crippen molar-refractivity contribution in [3.8, 4) is 11.8 Å². The number of rotatable bonds is 3. The molecule has 2 N–H and O–H groups in total. The maximum Gasteiger partial charge on any atom is 0.291 e. The van der Waals surface area contributed by atoms with Gasteiger partial charge >= 0.3 is 0 Å². The van der Waals surface area contributed by atoms with Crippen molar-refractivity contribution in [1.29, 1.82) is 0 Å². The van der Waals surface area contributed by atoms with Crippen LogP contribution in [0.5, 0.6) is 0 Å². The number of anilines is 1. The Kier molecular flexibility index (Phi) is 4.75. The average molecular weight is 287 g/mol. The van der Waals surface area contributed by atoms with Gasteiger partial charge in [-0.1, -0.05) is 18.8 Å². The van der Waals surface area contributed by atoms with Gasteiger partial charge in [-0.15, -0.1) is 0 Å². The van der Waals surface area contributed by atoms with Crippen molar-refractivity contribution in [2.75, 3.05) is 11.9 Å². The molecule has 2 rings (SSSR count). The van der Waals surface area contributed by atoms with E-state index in [4.69, 9.17) is 9.52 Å². The quantitative estimate of drug-likeness (QED) is 0.853. The number of halogens is 1. The number of furan rings is 1. The molecule has 21 heavy (non-hydrogen) atoms. The number of nitrogens with one attached hydrogen (secondary N) is 1. The van der Waals surface area contributed by atoms with Crippen LogP contribution in [-0.4, -0.2) is 17.6 Å². The van der Waals surface area contributed by atoms with Gasteiger partial charge in [-0.05, 0) is 30.3 Å². The summed E-state index contributed by atoms with van der Waals surface area (Å²) >= 11 is 0. The van der Waals surface area contributed by atoms with Crippen molar-refractivity contribution < 1.29 is 18.7 Å². The Morgan fingerprint density at radius 1 is 1.38 bits per heavy atom. The molecule has 0 atom stereocenters. The molecule has 0 aliphatic heterocycles. The Bertz CT molecular complexity index is 710. The molecule has 1 aromatic carbocycles. The lowest BCUT2D eigenvalue weighted by Crippen LogP contribution is -2.11. The molecule has 0 radical (unpaired) electrons. The molecule has 5 heteroatoms. The fourth-order valence-corrected chi connectivity index (χ4v) is 1.72. The minimum absolute atomic E-state index is 0.107. The Hall–Kier alpha value is -2.58. The summed E-state index contributed by atoms with van der Waals surface area (Å²) in [5.74, 6) is 4.82. The van der Waals surface area contributed by atoms with Gasteiger partial charge < -0.3 is 14.8 Å². The van der Waals surface area contributed by atoms with E-state index in [9.17, 15) is 9.18 Å². The summed E-state index contributed by atoms with van der Waals surface area (Å²) in [4.78, 5) is 12.0. The molecular formula is C16H14FNO3. The fourth-order valence-electron chi connectivity index (χ4n) is 1.72. The zero-order valence-corrected chi connectivity index (χ0v) is 11.4. The smallest absolute Gasteiger partial charge is 0.291 e. The van der Waals surface area contributed by atoms with E-state index in [1.165, 1.54) is 18.2 Å². The van der Waals surface area contributed by atoms with Gasteiger partial charge in [0.25, 0.3) is 5.91 Å². The van der Waals surface area contributed by atoms with Crippen LogP contribution in [0.4, 0.5) is 10.1 Å². The van der Waals surface area contributed by atoms with Gasteiger partial charge in [0.2, 0.25) is 0 Å². The molecule has 1 amide bonds. The highest BCUT2D eigenvalue weighted by atomic mass is 19.1. The van der Waals surface area contributed by atoms with Crippen LogP contribution in [0.3, 0.4) is 0 Å². The first-order valence-electron chi connectivity index (χ1n) is 6.43. The van der Waals surface area contributed by atoms with Crippen LogP contribution in [-0.2, 0) is 6.42 Å². The molecule has 1 aromatic heterocycles. The third kappa shape index (κ3) is 3.71. The topological polar surface area (TPSA) is 62.5 Å². The number of aliphatic hydroxyl groups is 1. The number of aliphatic hydroxyl groups excluding tert-OH is 1. The number of benzene rings is 1. The number of hydrogen-bond acceptors (Lipinski definition) is 3. The highest BCUT2D eigenvalue weighted by Crippen LogP contribution is 2.16. The molecule has 0 aliphatic rings. The van der Waals surface area contributed by atoms with Crippen LogP contribution in [0.1, 0.15) is 28.8 Å². The summed E-state index contributed by atoms with van der Waals surface area (Å²) in [5.41, 5.74) is 0.508. The second-order valence-electron chi connectivity index (χ2n) is 4.23. The van der Waals surface area contributed by atoms with E-state index in [2.05, 4.69) is 17.2 Å². The normalized spacial score (nSPS) is 9.86. The molecule has 4 nitrogen and oxygen atoms in total. The van der Waals surface area contributed by atoms with Crippen LogP contribution >= 0.6 is 0 Å². The van der Waals surface area contributed by atoms with Crippen LogP contribution in [0.2, 0.25) is 0 Å². The first-order chi connectivity index (χ1) is 10.1. The molecule has 0 bridgehead atoms. The number of carbonyl (C=O) groups is 1. The predicted octanol–water partition coefficient (Wildman–Crippen LogP) is 2.58. The van der Waals surface area contributed by atoms with E-state index in [1.54, 1.807) is 12.1 Å². The van der Waals surface area contributed by atoms with Crippen molar-refractivity contribution in [2.45, 2.75) is 13.3 Å². The monoisotopic (exact) mass is 287 g/mol. The predicted molar refractivity (Wildman–Crippen MR) is 76.4 cm³/mol. The fraction of sp³-hybridized carbons (Fsp3) is 0.188. The van der Waals surface area contributed by atoms with Gasteiger partial charge in [0, 0.05) is 12.1 Å². The van der Waals surface area contributed by atoms with E-state index in [-0.39, 0.29) is 17.9 Å². The number of aryl methyl sites for hydroxylation is 1. The number of carbonyl (C=O) groups excluding carboxylic acids is 1. The SMILES string of the molecule is CCc1ccc(C(=O)Nc2ccc(F)c(C#CCO)c2)o1. The van der Waals surface area contributed by atoms with Gasteiger partial charge in [-0.3, -0.25) is 4.79 Å². The van der Waals surface area contributed by atoms with E-state index in [0.717, 1.165) is 0 Å². The summed E-state index contributed by atoms with van der Waals surface area (Å²) in [5, 5.41) is 11.2. The minimum Gasteiger partial charge on any atom is -0.456 e. The van der Waals surface area contributed by atoms with E-state index >= 15 is 0 Å². The highest BCUT2D eigenvalue weighted by molar-refractivity contribution is 6.02. The van der Waals surface area contributed by atoms with E-state index < -0.39 is 11.7 Å². The summed E-state index contributed by atoms with van der Waals surface area (Å²) in [7, 11) is 0. The lowest BCUT2D eigenvalue weighted by Gasteiger charge is -2.04. The molecule has 2 aromatic rings. The van der Waals surface area contributed by atoms with Gasteiger partial charge in [-0.2, -0.15) is 0 Å². The molecule has 0 saturated carbocycles. The summed E-state index contributed by atoms with van der Waals surface area (Å²) in [6, 6.07) is 7.36. The molecular weight excluding hydrogens is 273 g/mol. The third-order valence-corrected chi connectivity index (χ3v) is 2.76. The molecule has 0 fully saturated rings. The summed E-state index contributed by atoms with van der Waals surface area (Å²) < 4.78 is 18.8. The minimum atomic E-state index is -0.514. The third-order valence-electron chi connectivity index (χ3n) is 2.76.